The van der Waals surface area contributed by atoms with Gasteiger partial charge in [-0.05, 0) is 12.8 Å². The maximum absolute atomic E-state index is 5.13. The van der Waals surface area contributed by atoms with E-state index in [0.717, 1.165) is 10.9 Å². The zero-order chi connectivity index (χ0) is 8.43. The van der Waals surface area contributed by atoms with E-state index in [1.54, 1.807) is 18.4 Å². The van der Waals surface area contributed by atoms with Crippen LogP contribution in [0.25, 0.3) is 0 Å². The summed E-state index contributed by atoms with van der Waals surface area (Å²) in [6, 6.07) is 0. The average Bonchev–Trinajstić information content (AvgIpc) is 2.30. The zero-order valence-corrected chi connectivity index (χ0v) is 8.16. The summed E-state index contributed by atoms with van der Waals surface area (Å²) in [5, 5.41) is 1.07. The topological polar surface area (TPSA) is 22.1 Å². The number of rotatable bonds is 2. The third-order valence-electron chi connectivity index (χ3n) is 1.45. The van der Waals surface area contributed by atoms with Crippen LogP contribution in [0.4, 0.5) is 0 Å². The minimum absolute atomic E-state index is 0.510. The Labute approximate surface area is 71.2 Å². The molecule has 0 aromatic carbocycles. The molecule has 0 aliphatic carbocycles. The Balaban J connectivity index is 3.02. The first kappa shape index (κ1) is 8.53. The van der Waals surface area contributed by atoms with Crippen molar-refractivity contribution in [2.45, 2.75) is 26.7 Å². The predicted molar refractivity (Wildman–Crippen MR) is 47.5 cm³/mol. The minimum atomic E-state index is 0.510. The van der Waals surface area contributed by atoms with Crippen molar-refractivity contribution in [2.75, 3.05) is 7.11 Å². The number of thiazole rings is 1. The third kappa shape index (κ3) is 1.71. The van der Waals surface area contributed by atoms with Crippen molar-refractivity contribution in [3.63, 3.8) is 0 Å². The minimum Gasteiger partial charge on any atom is -0.480 e. The standard InChI is InChI=1S/C8H13NOS/c1-5(2)7-8(10-4)9-6(3)11-7/h5H,1-4H3. The molecule has 1 rings (SSSR count). The second-order valence-corrected chi connectivity index (χ2v) is 4.00. The summed E-state index contributed by atoms with van der Waals surface area (Å²) in [4.78, 5) is 5.49. The molecular formula is C8H13NOS. The summed E-state index contributed by atoms with van der Waals surface area (Å²) >= 11 is 1.71. The summed E-state index contributed by atoms with van der Waals surface area (Å²) in [6.45, 7) is 6.30. The summed E-state index contributed by atoms with van der Waals surface area (Å²) in [5.74, 6) is 1.30. The molecule has 62 valence electrons. The Hall–Kier alpha value is -0.570. The Morgan fingerprint density at radius 2 is 2.09 bits per heavy atom. The second-order valence-electron chi connectivity index (χ2n) is 2.76. The summed E-state index contributed by atoms with van der Waals surface area (Å²) in [6.07, 6.45) is 0. The predicted octanol–water partition coefficient (Wildman–Crippen LogP) is 2.58. The first-order chi connectivity index (χ1) is 5.15. The van der Waals surface area contributed by atoms with Gasteiger partial charge in [-0.25, -0.2) is 4.98 Å². The van der Waals surface area contributed by atoms with E-state index >= 15 is 0 Å². The van der Waals surface area contributed by atoms with Gasteiger partial charge in [-0.15, -0.1) is 11.3 Å². The lowest BCUT2D eigenvalue weighted by Gasteiger charge is -2.01. The molecule has 0 fully saturated rings. The number of aromatic nitrogens is 1. The number of aryl methyl sites for hydroxylation is 1. The Morgan fingerprint density at radius 3 is 2.45 bits per heavy atom. The molecule has 1 aromatic heterocycles. The molecule has 1 aromatic rings. The monoisotopic (exact) mass is 171 g/mol. The molecule has 0 unspecified atom stereocenters. The molecule has 0 amide bonds. The van der Waals surface area contributed by atoms with E-state index in [1.165, 1.54) is 4.88 Å². The van der Waals surface area contributed by atoms with Crippen molar-refractivity contribution in [3.05, 3.63) is 9.88 Å². The maximum atomic E-state index is 5.13. The first-order valence-electron chi connectivity index (χ1n) is 3.66. The SMILES string of the molecule is COc1nc(C)sc1C(C)C. The van der Waals surface area contributed by atoms with Crippen molar-refractivity contribution >= 4 is 11.3 Å². The molecule has 0 radical (unpaired) electrons. The molecule has 0 aliphatic rings. The zero-order valence-electron chi connectivity index (χ0n) is 7.34. The molecule has 0 saturated carbocycles. The van der Waals surface area contributed by atoms with E-state index in [2.05, 4.69) is 18.8 Å². The quantitative estimate of drug-likeness (QED) is 0.682. The Kier molecular flexibility index (Phi) is 2.49. The summed E-state index contributed by atoms with van der Waals surface area (Å²) in [5.41, 5.74) is 0. The lowest BCUT2D eigenvalue weighted by Crippen LogP contribution is -1.89. The van der Waals surface area contributed by atoms with Crippen LogP contribution in [0, 0.1) is 6.92 Å². The van der Waals surface area contributed by atoms with Gasteiger partial charge in [-0.2, -0.15) is 0 Å². The maximum Gasteiger partial charge on any atom is 0.227 e. The van der Waals surface area contributed by atoms with Crippen LogP contribution in [0.3, 0.4) is 0 Å². The van der Waals surface area contributed by atoms with Crippen molar-refractivity contribution < 1.29 is 4.74 Å². The molecule has 11 heavy (non-hydrogen) atoms. The number of hydrogen-bond donors (Lipinski definition) is 0. The van der Waals surface area contributed by atoms with Crippen molar-refractivity contribution in [1.29, 1.82) is 0 Å². The van der Waals surface area contributed by atoms with Crippen molar-refractivity contribution in [3.8, 4) is 5.88 Å². The molecule has 0 aliphatic heterocycles. The lowest BCUT2D eigenvalue weighted by molar-refractivity contribution is 0.394. The van der Waals surface area contributed by atoms with Gasteiger partial charge in [0.05, 0.1) is 17.0 Å². The number of nitrogens with zero attached hydrogens (tertiary/aromatic N) is 1. The van der Waals surface area contributed by atoms with Gasteiger partial charge in [0.1, 0.15) is 0 Å². The fraction of sp³-hybridized carbons (Fsp3) is 0.625. The van der Waals surface area contributed by atoms with E-state index in [-0.39, 0.29) is 0 Å². The van der Waals surface area contributed by atoms with Crippen LogP contribution in [-0.2, 0) is 0 Å². The molecule has 0 atom stereocenters. The lowest BCUT2D eigenvalue weighted by atomic mass is 10.2. The van der Waals surface area contributed by atoms with E-state index in [0.29, 0.717) is 5.92 Å². The molecule has 3 heteroatoms. The highest BCUT2D eigenvalue weighted by molar-refractivity contribution is 7.11. The van der Waals surface area contributed by atoms with Crippen LogP contribution < -0.4 is 4.74 Å². The highest BCUT2D eigenvalue weighted by Gasteiger charge is 2.11. The van der Waals surface area contributed by atoms with E-state index in [9.17, 15) is 0 Å². The van der Waals surface area contributed by atoms with Crippen molar-refractivity contribution in [1.82, 2.24) is 4.98 Å². The van der Waals surface area contributed by atoms with Crippen LogP contribution in [0.15, 0.2) is 0 Å². The van der Waals surface area contributed by atoms with E-state index < -0.39 is 0 Å². The van der Waals surface area contributed by atoms with Crippen LogP contribution in [-0.4, -0.2) is 12.1 Å². The normalized spacial score (nSPS) is 10.6. The molecule has 0 bridgehead atoms. The number of hydrogen-bond acceptors (Lipinski definition) is 3. The third-order valence-corrected chi connectivity index (χ3v) is 2.70. The number of ether oxygens (including phenoxy) is 1. The average molecular weight is 171 g/mol. The molecular weight excluding hydrogens is 158 g/mol. The van der Waals surface area contributed by atoms with Gasteiger partial charge in [0.2, 0.25) is 5.88 Å². The summed E-state index contributed by atoms with van der Waals surface area (Å²) in [7, 11) is 1.67. The molecule has 0 saturated heterocycles. The van der Waals surface area contributed by atoms with Crippen LogP contribution in [0.2, 0.25) is 0 Å². The van der Waals surface area contributed by atoms with Gasteiger partial charge in [0.25, 0.3) is 0 Å². The molecule has 0 spiro atoms. The van der Waals surface area contributed by atoms with Crippen LogP contribution >= 0.6 is 11.3 Å². The van der Waals surface area contributed by atoms with E-state index in [4.69, 9.17) is 4.74 Å². The largest absolute Gasteiger partial charge is 0.480 e. The van der Waals surface area contributed by atoms with Crippen LogP contribution in [0.5, 0.6) is 5.88 Å². The van der Waals surface area contributed by atoms with Gasteiger partial charge in [-0.3, -0.25) is 0 Å². The Morgan fingerprint density at radius 1 is 1.45 bits per heavy atom. The number of methoxy groups -OCH3 is 1. The van der Waals surface area contributed by atoms with Gasteiger partial charge < -0.3 is 4.74 Å². The second kappa shape index (κ2) is 3.22. The van der Waals surface area contributed by atoms with Crippen molar-refractivity contribution in [2.24, 2.45) is 0 Å². The highest BCUT2D eigenvalue weighted by atomic mass is 32.1. The molecule has 2 nitrogen and oxygen atoms in total. The fourth-order valence-corrected chi connectivity index (χ4v) is 1.83. The first-order valence-corrected chi connectivity index (χ1v) is 4.48. The summed E-state index contributed by atoms with van der Waals surface area (Å²) < 4.78 is 5.13. The van der Waals surface area contributed by atoms with Crippen LogP contribution in [0.1, 0.15) is 29.7 Å². The highest BCUT2D eigenvalue weighted by Crippen LogP contribution is 2.31. The van der Waals surface area contributed by atoms with Gasteiger partial charge in [0.15, 0.2) is 0 Å². The Bertz CT molecular complexity index is 242. The molecule has 1 heterocycles. The van der Waals surface area contributed by atoms with Gasteiger partial charge in [-0.1, -0.05) is 13.8 Å². The van der Waals surface area contributed by atoms with E-state index in [1.807, 2.05) is 6.92 Å². The van der Waals surface area contributed by atoms with Gasteiger partial charge in [0, 0.05) is 0 Å². The molecule has 0 N–H and O–H groups in total. The fourth-order valence-electron chi connectivity index (χ4n) is 0.935. The van der Waals surface area contributed by atoms with Gasteiger partial charge >= 0.3 is 0 Å². The smallest absolute Gasteiger partial charge is 0.227 e.